The molecule has 2 unspecified atom stereocenters. The van der Waals surface area contributed by atoms with Crippen LogP contribution in [0, 0.1) is 5.92 Å². The van der Waals surface area contributed by atoms with Crippen molar-refractivity contribution in [3.05, 3.63) is 18.0 Å². The van der Waals surface area contributed by atoms with Gasteiger partial charge in [0, 0.05) is 31.7 Å². The van der Waals surface area contributed by atoms with E-state index in [9.17, 15) is 0 Å². The Morgan fingerprint density at radius 2 is 2.29 bits per heavy atom. The fourth-order valence-electron chi connectivity index (χ4n) is 1.16. The summed E-state index contributed by atoms with van der Waals surface area (Å²) >= 11 is 5.77. The summed E-state index contributed by atoms with van der Waals surface area (Å²) in [5.41, 5.74) is 1.07. The second kappa shape index (κ2) is 5.37. The summed E-state index contributed by atoms with van der Waals surface area (Å²) in [6, 6.07) is 2.44. The lowest BCUT2D eigenvalue weighted by Gasteiger charge is -2.18. The third-order valence-electron chi connectivity index (χ3n) is 2.47. The zero-order valence-corrected chi connectivity index (χ0v) is 9.75. The minimum Gasteiger partial charge on any atom is -0.308 e. The molecule has 1 heterocycles. The quantitative estimate of drug-likeness (QED) is 0.759. The number of hydrogen-bond acceptors (Lipinski definition) is 2. The van der Waals surface area contributed by atoms with Gasteiger partial charge in [0.15, 0.2) is 0 Å². The molecule has 0 aromatic carbocycles. The largest absolute Gasteiger partial charge is 0.308 e. The Kier molecular flexibility index (Phi) is 4.42. The molecular formula is C10H18ClN3. The molecule has 0 saturated heterocycles. The molecule has 80 valence electrons. The van der Waals surface area contributed by atoms with Crippen molar-refractivity contribution in [2.24, 2.45) is 13.0 Å². The van der Waals surface area contributed by atoms with Crippen molar-refractivity contribution in [2.75, 3.05) is 5.88 Å². The molecule has 4 heteroatoms. The van der Waals surface area contributed by atoms with Gasteiger partial charge < -0.3 is 5.32 Å². The van der Waals surface area contributed by atoms with Crippen molar-refractivity contribution in [1.29, 1.82) is 0 Å². The van der Waals surface area contributed by atoms with Gasteiger partial charge in [0.1, 0.15) is 0 Å². The number of hydrogen-bond donors (Lipinski definition) is 1. The van der Waals surface area contributed by atoms with Gasteiger partial charge in [0.05, 0.1) is 5.69 Å². The smallest absolute Gasteiger partial charge is 0.0762 e. The number of nitrogens with one attached hydrogen (secondary N) is 1. The number of alkyl halides is 1. The summed E-state index contributed by atoms with van der Waals surface area (Å²) in [5, 5.41) is 7.69. The SMILES string of the molecule is CC(CCl)C(C)NCc1ccn(C)n1. The Balaban J connectivity index is 2.33. The molecule has 14 heavy (non-hydrogen) atoms. The van der Waals surface area contributed by atoms with Crippen LogP contribution in [0.15, 0.2) is 12.3 Å². The van der Waals surface area contributed by atoms with E-state index in [1.807, 2.05) is 24.0 Å². The zero-order valence-electron chi connectivity index (χ0n) is 9.00. The Morgan fingerprint density at radius 1 is 1.57 bits per heavy atom. The van der Waals surface area contributed by atoms with Crippen molar-refractivity contribution in [3.63, 3.8) is 0 Å². The molecule has 1 rings (SSSR count). The number of rotatable bonds is 5. The van der Waals surface area contributed by atoms with Crippen LogP contribution in [-0.2, 0) is 13.6 Å². The van der Waals surface area contributed by atoms with Crippen LogP contribution < -0.4 is 5.32 Å². The number of aromatic nitrogens is 2. The highest BCUT2D eigenvalue weighted by Gasteiger charge is 2.10. The van der Waals surface area contributed by atoms with E-state index < -0.39 is 0 Å². The molecule has 0 radical (unpaired) electrons. The minimum absolute atomic E-state index is 0.425. The fourth-order valence-corrected chi connectivity index (χ4v) is 1.43. The van der Waals surface area contributed by atoms with Crippen molar-refractivity contribution in [2.45, 2.75) is 26.4 Å². The van der Waals surface area contributed by atoms with Gasteiger partial charge in [0.25, 0.3) is 0 Å². The standard InChI is InChI=1S/C10H18ClN3/c1-8(6-11)9(2)12-7-10-4-5-14(3)13-10/h4-5,8-9,12H,6-7H2,1-3H3. The lowest BCUT2D eigenvalue weighted by Crippen LogP contribution is -2.32. The van der Waals surface area contributed by atoms with Crippen molar-refractivity contribution >= 4 is 11.6 Å². The summed E-state index contributed by atoms with van der Waals surface area (Å²) in [4.78, 5) is 0. The third kappa shape index (κ3) is 3.31. The first kappa shape index (κ1) is 11.5. The Morgan fingerprint density at radius 3 is 2.79 bits per heavy atom. The average molecular weight is 216 g/mol. The van der Waals surface area contributed by atoms with Crippen molar-refractivity contribution in [1.82, 2.24) is 15.1 Å². The fraction of sp³-hybridized carbons (Fsp3) is 0.700. The minimum atomic E-state index is 0.425. The topological polar surface area (TPSA) is 29.9 Å². The molecule has 0 bridgehead atoms. The van der Waals surface area contributed by atoms with Crippen LogP contribution in [0.2, 0.25) is 0 Å². The summed E-state index contributed by atoms with van der Waals surface area (Å²) in [7, 11) is 1.92. The van der Waals surface area contributed by atoms with Crippen molar-refractivity contribution in [3.8, 4) is 0 Å². The van der Waals surface area contributed by atoms with E-state index in [1.165, 1.54) is 0 Å². The van der Waals surface area contributed by atoms with E-state index in [-0.39, 0.29) is 0 Å². The van der Waals surface area contributed by atoms with Crippen LogP contribution in [0.3, 0.4) is 0 Å². The Labute approximate surface area is 90.4 Å². The van der Waals surface area contributed by atoms with Crippen molar-refractivity contribution < 1.29 is 0 Å². The maximum absolute atomic E-state index is 5.77. The van der Waals surface area contributed by atoms with Gasteiger partial charge in [-0.25, -0.2) is 0 Å². The number of halogens is 1. The normalized spacial score (nSPS) is 15.4. The monoisotopic (exact) mass is 215 g/mol. The summed E-state index contributed by atoms with van der Waals surface area (Å²) in [6.45, 7) is 5.10. The zero-order chi connectivity index (χ0) is 10.6. The van der Waals surface area contributed by atoms with Gasteiger partial charge in [0.2, 0.25) is 0 Å². The van der Waals surface area contributed by atoms with Crippen LogP contribution in [0.1, 0.15) is 19.5 Å². The molecule has 0 aliphatic carbocycles. The van der Waals surface area contributed by atoms with E-state index in [1.54, 1.807) is 0 Å². The molecule has 0 saturated carbocycles. The number of aryl methyl sites for hydroxylation is 1. The van der Waals surface area contributed by atoms with Gasteiger partial charge in [-0.15, -0.1) is 11.6 Å². The van der Waals surface area contributed by atoms with Crippen LogP contribution in [0.25, 0.3) is 0 Å². The summed E-state index contributed by atoms with van der Waals surface area (Å²) in [5.74, 6) is 1.18. The first-order valence-corrected chi connectivity index (χ1v) is 5.44. The first-order chi connectivity index (χ1) is 6.63. The lowest BCUT2D eigenvalue weighted by molar-refractivity contribution is 0.426. The summed E-state index contributed by atoms with van der Waals surface area (Å²) < 4.78 is 1.81. The second-order valence-electron chi connectivity index (χ2n) is 3.78. The van der Waals surface area contributed by atoms with Crippen LogP contribution in [0.5, 0.6) is 0 Å². The van der Waals surface area contributed by atoms with E-state index in [0.717, 1.165) is 12.2 Å². The predicted molar refractivity (Wildman–Crippen MR) is 59.4 cm³/mol. The van der Waals surface area contributed by atoms with Crippen LogP contribution >= 0.6 is 11.6 Å². The molecule has 1 aromatic rings. The van der Waals surface area contributed by atoms with Gasteiger partial charge in [-0.2, -0.15) is 5.10 Å². The first-order valence-electron chi connectivity index (χ1n) is 4.91. The van der Waals surface area contributed by atoms with Gasteiger partial charge >= 0.3 is 0 Å². The molecule has 1 N–H and O–H groups in total. The lowest BCUT2D eigenvalue weighted by atomic mass is 10.1. The molecule has 2 atom stereocenters. The maximum Gasteiger partial charge on any atom is 0.0762 e. The molecule has 0 fully saturated rings. The van der Waals surface area contributed by atoms with Gasteiger partial charge in [-0.3, -0.25) is 4.68 Å². The Bertz CT molecular complexity index is 272. The van der Waals surface area contributed by atoms with Gasteiger partial charge in [-0.1, -0.05) is 6.92 Å². The molecule has 0 spiro atoms. The maximum atomic E-state index is 5.77. The van der Waals surface area contributed by atoms with Gasteiger partial charge in [-0.05, 0) is 18.9 Å². The third-order valence-corrected chi connectivity index (χ3v) is 2.96. The molecular weight excluding hydrogens is 198 g/mol. The van der Waals surface area contributed by atoms with Crippen LogP contribution in [0.4, 0.5) is 0 Å². The summed E-state index contributed by atoms with van der Waals surface area (Å²) in [6.07, 6.45) is 1.95. The predicted octanol–water partition coefficient (Wildman–Crippen LogP) is 1.77. The van der Waals surface area contributed by atoms with E-state index in [2.05, 4.69) is 24.3 Å². The highest BCUT2D eigenvalue weighted by molar-refractivity contribution is 6.18. The van der Waals surface area contributed by atoms with E-state index in [0.29, 0.717) is 17.8 Å². The molecule has 3 nitrogen and oxygen atoms in total. The highest BCUT2D eigenvalue weighted by atomic mass is 35.5. The number of nitrogens with zero attached hydrogens (tertiary/aromatic N) is 2. The Hall–Kier alpha value is -0.540. The molecule has 0 aliphatic rings. The van der Waals surface area contributed by atoms with E-state index >= 15 is 0 Å². The molecule has 0 amide bonds. The second-order valence-corrected chi connectivity index (χ2v) is 4.09. The average Bonchev–Trinajstić information content (AvgIpc) is 2.59. The highest BCUT2D eigenvalue weighted by Crippen LogP contribution is 2.05. The molecule has 0 aliphatic heterocycles. The molecule has 1 aromatic heterocycles. The van der Waals surface area contributed by atoms with Crippen LogP contribution in [-0.4, -0.2) is 21.7 Å². The van der Waals surface area contributed by atoms with E-state index in [4.69, 9.17) is 11.6 Å².